The van der Waals surface area contributed by atoms with Crippen molar-refractivity contribution in [2.24, 2.45) is 5.73 Å². The van der Waals surface area contributed by atoms with Gasteiger partial charge in [0.15, 0.2) is 0 Å². The standard InChI is InChI=1S/C32H52N4O7/c1-8-10-11-12-13-21-36(30(40)24(17-18-25(33)37)35-31(41)43-32(5,6)7)28(27-22(3)15-14-16-23(27)4)29(39)34-20-19-26(38)42-9-2/h14-16,24,28H,8-13,17-21H2,1-7H3,(H2,33,37)(H,34,39)(H,35,41). The fraction of sp³-hybridized carbons (Fsp3) is 0.656. The first-order valence-electron chi connectivity index (χ1n) is 15.3. The zero-order valence-corrected chi connectivity index (χ0v) is 27.0. The maximum absolute atomic E-state index is 14.3. The highest BCUT2D eigenvalue weighted by Gasteiger charge is 2.37. The number of rotatable bonds is 18. The minimum Gasteiger partial charge on any atom is -0.466 e. The van der Waals surface area contributed by atoms with Crippen molar-refractivity contribution in [2.75, 3.05) is 19.7 Å². The Bertz CT molecular complexity index is 1060. The normalized spacial score (nSPS) is 12.5. The van der Waals surface area contributed by atoms with E-state index in [1.807, 2.05) is 32.0 Å². The maximum atomic E-state index is 14.3. The molecule has 2 atom stereocenters. The summed E-state index contributed by atoms with van der Waals surface area (Å²) >= 11 is 0. The highest BCUT2D eigenvalue weighted by molar-refractivity contribution is 5.93. The minimum atomic E-state index is -1.17. The molecule has 43 heavy (non-hydrogen) atoms. The third kappa shape index (κ3) is 13.9. The van der Waals surface area contributed by atoms with Gasteiger partial charge in [-0.25, -0.2) is 4.79 Å². The molecule has 0 aromatic heterocycles. The lowest BCUT2D eigenvalue weighted by molar-refractivity contribution is -0.144. The number of nitrogens with two attached hydrogens (primary N) is 1. The van der Waals surface area contributed by atoms with E-state index in [4.69, 9.17) is 15.2 Å². The van der Waals surface area contributed by atoms with Gasteiger partial charge in [-0.05, 0) is 71.1 Å². The average Bonchev–Trinajstić information content (AvgIpc) is 2.90. The Morgan fingerprint density at radius 3 is 2.14 bits per heavy atom. The summed E-state index contributed by atoms with van der Waals surface area (Å²) in [5.74, 6) is -2.06. The molecule has 0 radical (unpaired) electrons. The van der Waals surface area contributed by atoms with E-state index >= 15 is 0 Å². The summed E-state index contributed by atoms with van der Waals surface area (Å²) < 4.78 is 10.4. The summed E-state index contributed by atoms with van der Waals surface area (Å²) in [6, 6.07) is 3.39. The molecule has 0 fully saturated rings. The number of alkyl carbamates (subject to hydrolysis) is 1. The van der Waals surface area contributed by atoms with Crippen molar-refractivity contribution in [3.8, 4) is 0 Å². The van der Waals surface area contributed by atoms with Crippen molar-refractivity contribution in [1.82, 2.24) is 15.5 Å². The molecule has 11 nitrogen and oxygen atoms in total. The zero-order valence-electron chi connectivity index (χ0n) is 27.0. The number of carbonyl (C=O) groups excluding carboxylic acids is 5. The lowest BCUT2D eigenvalue weighted by atomic mass is 9.93. The summed E-state index contributed by atoms with van der Waals surface area (Å²) in [6.07, 6.45) is 3.46. The van der Waals surface area contributed by atoms with E-state index in [1.54, 1.807) is 27.7 Å². The quantitative estimate of drug-likeness (QED) is 0.166. The van der Waals surface area contributed by atoms with Crippen LogP contribution in [0.25, 0.3) is 0 Å². The lowest BCUT2D eigenvalue weighted by Crippen LogP contribution is -2.53. The van der Waals surface area contributed by atoms with Crippen LogP contribution in [0.2, 0.25) is 0 Å². The third-order valence-corrected chi connectivity index (χ3v) is 6.76. The molecule has 0 saturated carbocycles. The number of hydrogen-bond donors (Lipinski definition) is 3. The molecule has 11 heteroatoms. The fourth-order valence-corrected chi connectivity index (χ4v) is 4.75. The van der Waals surface area contributed by atoms with Crippen LogP contribution < -0.4 is 16.4 Å². The van der Waals surface area contributed by atoms with E-state index < -0.39 is 47.5 Å². The van der Waals surface area contributed by atoms with Gasteiger partial charge < -0.3 is 30.7 Å². The highest BCUT2D eigenvalue weighted by Crippen LogP contribution is 2.29. The fourth-order valence-electron chi connectivity index (χ4n) is 4.75. The van der Waals surface area contributed by atoms with Gasteiger partial charge in [0.25, 0.3) is 0 Å². The topological polar surface area (TPSA) is 157 Å². The van der Waals surface area contributed by atoms with Crippen molar-refractivity contribution in [3.63, 3.8) is 0 Å². The van der Waals surface area contributed by atoms with Gasteiger partial charge in [-0.3, -0.25) is 19.2 Å². The Labute approximate surface area is 256 Å². The van der Waals surface area contributed by atoms with Crippen LogP contribution in [0.5, 0.6) is 0 Å². The molecule has 1 rings (SSSR count). The predicted octanol–water partition coefficient (Wildman–Crippen LogP) is 4.37. The number of unbranched alkanes of at least 4 members (excludes halogenated alkanes) is 4. The molecule has 0 bridgehead atoms. The van der Waals surface area contributed by atoms with E-state index in [0.717, 1.165) is 36.8 Å². The van der Waals surface area contributed by atoms with E-state index in [2.05, 4.69) is 17.6 Å². The van der Waals surface area contributed by atoms with E-state index in [9.17, 15) is 24.0 Å². The van der Waals surface area contributed by atoms with E-state index in [1.165, 1.54) is 4.90 Å². The van der Waals surface area contributed by atoms with Crippen molar-refractivity contribution in [1.29, 1.82) is 0 Å². The monoisotopic (exact) mass is 604 g/mol. The summed E-state index contributed by atoms with van der Waals surface area (Å²) in [5, 5.41) is 5.43. The number of ether oxygens (including phenoxy) is 2. The number of amides is 4. The third-order valence-electron chi connectivity index (χ3n) is 6.76. The molecule has 1 aromatic carbocycles. The molecule has 242 valence electrons. The van der Waals surface area contributed by atoms with Crippen LogP contribution in [-0.4, -0.2) is 66.0 Å². The second kappa shape index (κ2) is 18.8. The molecule has 1 aromatic rings. The van der Waals surface area contributed by atoms with Gasteiger partial charge in [-0.2, -0.15) is 0 Å². The summed E-state index contributed by atoms with van der Waals surface area (Å²) in [7, 11) is 0. The first kappa shape index (κ1) is 37.4. The second-order valence-corrected chi connectivity index (χ2v) is 11.7. The molecule has 0 aliphatic heterocycles. The first-order chi connectivity index (χ1) is 20.2. The first-order valence-corrected chi connectivity index (χ1v) is 15.3. The Balaban J connectivity index is 3.56. The van der Waals surface area contributed by atoms with Gasteiger partial charge in [0.05, 0.1) is 13.0 Å². The molecular formula is C32H52N4O7. The van der Waals surface area contributed by atoms with Crippen molar-refractivity contribution < 1.29 is 33.4 Å². The Morgan fingerprint density at radius 2 is 1.58 bits per heavy atom. The molecule has 0 spiro atoms. The zero-order chi connectivity index (χ0) is 32.6. The van der Waals surface area contributed by atoms with Gasteiger partial charge >= 0.3 is 12.1 Å². The molecule has 2 unspecified atom stereocenters. The van der Waals surface area contributed by atoms with Crippen molar-refractivity contribution in [3.05, 3.63) is 34.9 Å². The summed E-state index contributed by atoms with van der Waals surface area (Å²) in [6.45, 7) is 13.1. The molecular weight excluding hydrogens is 552 g/mol. The number of benzene rings is 1. The van der Waals surface area contributed by atoms with Gasteiger partial charge in [-0.15, -0.1) is 0 Å². The van der Waals surface area contributed by atoms with Crippen LogP contribution >= 0.6 is 0 Å². The van der Waals surface area contributed by atoms with Crippen LogP contribution in [-0.2, 0) is 28.7 Å². The van der Waals surface area contributed by atoms with E-state index in [0.29, 0.717) is 12.0 Å². The van der Waals surface area contributed by atoms with Gasteiger partial charge in [-0.1, -0.05) is 50.8 Å². The van der Waals surface area contributed by atoms with Crippen LogP contribution in [0.1, 0.15) is 109 Å². The lowest BCUT2D eigenvalue weighted by Gasteiger charge is -2.36. The number of primary amides is 1. The SMILES string of the molecule is CCCCCCCN(C(=O)C(CCC(N)=O)NC(=O)OC(C)(C)C)C(C(=O)NCCC(=O)OCC)c1c(C)cccc1C. The molecule has 0 aliphatic rings. The highest BCUT2D eigenvalue weighted by atomic mass is 16.6. The summed E-state index contributed by atoms with van der Waals surface area (Å²) in [5.41, 5.74) is 6.86. The van der Waals surface area contributed by atoms with Crippen LogP contribution in [0, 0.1) is 13.8 Å². The largest absolute Gasteiger partial charge is 0.466 e. The maximum Gasteiger partial charge on any atom is 0.408 e. The second-order valence-electron chi connectivity index (χ2n) is 11.7. The van der Waals surface area contributed by atoms with Crippen LogP contribution in [0.4, 0.5) is 4.79 Å². The molecule has 4 amide bonds. The van der Waals surface area contributed by atoms with Crippen LogP contribution in [0.15, 0.2) is 18.2 Å². The molecule has 0 aliphatic carbocycles. The Morgan fingerprint density at radius 1 is 0.953 bits per heavy atom. The molecule has 0 saturated heterocycles. The molecule has 0 heterocycles. The average molecular weight is 605 g/mol. The molecule has 4 N–H and O–H groups in total. The van der Waals surface area contributed by atoms with Crippen molar-refractivity contribution in [2.45, 2.75) is 118 Å². The van der Waals surface area contributed by atoms with Gasteiger partial charge in [0, 0.05) is 19.5 Å². The van der Waals surface area contributed by atoms with Gasteiger partial charge in [0.1, 0.15) is 17.7 Å². The van der Waals surface area contributed by atoms with Gasteiger partial charge in [0.2, 0.25) is 17.7 Å². The minimum absolute atomic E-state index is 0.0224. The van der Waals surface area contributed by atoms with E-state index in [-0.39, 0.29) is 39.0 Å². The Kier molecular flexibility index (Phi) is 16.4. The number of nitrogens with one attached hydrogen (secondary N) is 2. The Hall–Kier alpha value is -3.63. The number of hydrogen-bond acceptors (Lipinski definition) is 7. The predicted molar refractivity (Wildman–Crippen MR) is 165 cm³/mol. The van der Waals surface area contributed by atoms with Crippen molar-refractivity contribution >= 4 is 29.8 Å². The number of nitrogens with zero attached hydrogens (tertiary/aromatic N) is 1. The number of esters is 1. The summed E-state index contributed by atoms with van der Waals surface area (Å²) in [4.78, 5) is 66.1. The number of carbonyl (C=O) groups is 5. The van der Waals surface area contributed by atoms with Crippen LogP contribution in [0.3, 0.4) is 0 Å². The number of aryl methyl sites for hydroxylation is 2. The smallest absolute Gasteiger partial charge is 0.408 e.